The van der Waals surface area contributed by atoms with Gasteiger partial charge in [-0.25, -0.2) is 0 Å². The van der Waals surface area contributed by atoms with Gasteiger partial charge in [0.1, 0.15) is 5.75 Å². The summed E-state index contributed by atoms with van der Waals surface area (Å²) in [6.45, 7) is 6.68. The van der Waals surface area contributed by atoms with Gasteiger partial charge in [-0.05, 0) is 41.7 Å². The molecule has 2 aromatic carbocycles. The van der Waals surface area contributed by atoms with Crippen molar-refractivity contribution in [3.05, 3.63) is 48.0 Å². The van der Waals surface area contributed by atoms with E-state index in [0.29, 0.717) is 30.2 Å². The number of esters is 1. The predicted molar refractivity (Wildman–Crippen MR) is 112 cm³/mol. The Kier molecular flexibility index (Phi) is 6.82. The Morgan fingerprint density at radius 1 is 1.03 bits per heavy atom. The molecule has 1 heterocycles. The summed E-state index contributed by atoms with van der Waals surface area (Å²) in [7, 11) is 0. The molecule has 0 fully saturated rings. The van der Waals surface area contributed by atoms with Gasteiger partial charge in [-0.2, -0.15) is 0 Å². The average molecular weight is 413 g/mol. The third-order valence-electron chi connectivity index (χ3n) is 4.53. The Balaban J connectivity index is 1.31. The van der Waals surface area contributed by atoms with E-state index in [0.717, 1.165) is 5.75 Å². The highest BCUT2D eigenvalue weighted by Crippen LogP contribution is 2.34. The molecule has 7 nitrogen and oxygen atoms in total. The molecule has 0 unspecified atom stereocenters. The van der Waals surface area contributed by atoms with Crippen molar-refractivity contribution in [2.24, 2.45) is 0 Å². The maximum Gasteiger partial charge on any atom is 0.306 e. The maximum atomic E-state index is 11.9. The second-order valence-corrected chi connectivity index (χ2v) is 8.00. The lowest BCUT2D eigenvalue weighted by Crippen LogP contribution is -2.21. The first-order valence-corrected chi connectivity index (χ1v) is 9.90. The molecular weight excluding hydrogens is 386 g/mol. The van der Waals surface area contributed by atoms with Gasteiger partial charge in [0.05, 0.1) is 6.61 Å². The minimum atomic E-state index is -0.442. The molecule has 0 spiro atoms. The molecule has 1 amide bonds. The Bertz CT molecular complexity index is 886. The van der Waals surface area contributed by atoms with Gasteiger partial charge < -0.3 is 24.3 Å². The van der Waals surface area contributed by atoms with Crippen molar-refractivity contribution >= 4 is 17.6 Å². The molecule has 0 atom stereocenters. The molecule has 0 aromatic heterocycles. The molecule has 3 rings (SSSR count). The zero-order chi connectivity index (χ0) is 21.6. The third kappa shape index (κ3) is 6.14. The number of hydrogen-bond acceptors (Lipinski definition) is 6. The van der Waals surface area contributed by atoms with Gasteiger partial charge in [-0.15, -0.1) is 0 Å². The molecule has 30 heavy (non-hydrogen) atoms. The van der Waals surface area contributed by atoms with Crippen LogP contribution in [0.1, 0.15) is 39.2 Å². The van der Waals surface area contributed by atoms with E-state index in [1.165, 1.54) is 5.56 Å². The Morgan fingerprint density at radius 2 is 1.77 bits per heavy atom. The highest BCUT2D eigenvalue weighted by Gasteiger charge is 2.15. The van der Waals surface area contributed by atoms with E-state index in [4.69, 9.17) is 18.9 Å². The van der Waals surface area contributed by atoms with E-state index in [9.17, 15) is 9.59 Å². The van der Waals surface area contributed by atoms with Crippen LogP contribution in [0.15, 0.2) is 42.5 Å². The molecular formula is C23H27NO6. The highest BCUT2D eigenvalue weighted by molar-refractivity contribution is 5.93. The first-order chi connectivity index (χ1) is 14.3. The highest BCUT2D eigenvalue weighted by atomic mass is 16.7. The van der Waals surface area contributed by atoms with Crippen LogP contribution < -0.4 is 19.5 Å². The first-order valence-electron chi connectivity index (χ1n) is 9.90. The van der Waals surface area contributed by atoms with E-state index in [1.807, 2.05) is 24.3 Å². The molecule has 0 aliphatic carbocycles. The maximum absolute atomic E-state index is 11.9. The van der Waals surface area contributed by atoms with Crippen molar-refractivity contribution in [2.75, 3.05) is 25.3 Å². The zero-order valence-electron chi connectivity index (χ0n) is 17.5. The molecule has 2 aromatic rings. The summed E-state index contributed by atoms with van der Waals surface area (Å²) >= 11 is 0. The molecule has 7 heteroatoms. The molecule has 1 N–H and O–H groups in total. The fraction of sp³-hybridized carbons (Fsp3) is 0.391. The van der Waals surface area contributed by atoms with Crippen LogP contribution in [0.2, 0.25) is 0 Å². The van der Waals surface area contributed by atoms with Crippen molar-refractivity contribution in [3.8, 4) is 17.2 Å². The van der Waals surface area contributed by atoms with E-state index in [-0.39, 0.29) is 25.2 Å². The summed E-state index contributed by atoms with van der Waals surface area (Å²) in [6, 6.07) is 13.0. The average Bonchev–Trinajstić information content (AvgIpc) is 3.17. The number of ether oxygens (including phenoxy) is 4. The molecule has 0 bridgehead atoms. The van der Waals surface area contributed by atoms with Gasteiger partial charge in [-0.3, -0.25) is 9.59 Å². The van der Waals surface area contributed by atoms with Crippen LogP contribution in [0, 0.1) is 0 Å². The van der Waals surface area contributed by atoms with Gasteiger partial charge in [-0.1, -0.05) is 32.9 Å². The zero-order valence-corrected chi connectivity index (χ0v) is 17.5. The molecule has 0 saturated carbocycles. The van der Waals surface area contributed by atoms with Crippen molar-refractivity contribution in [3.63, 3.8) is 0 Å². The minimum Gasteiger partial charge on any atom is -0.494 e. The van der Waals surface area contributed by atoms with Gasteiger partial charge in [0.2, 0.25) is 6.79 Å². The summed E-state index contributed by atoms with van der Waals surface area (Å²) in [6.07, 6.45) is 0.682. The molecule has 1 aliphatic rings. The number of hydrogen-bond donors (Lipinski definition) is 1. The van der Waals surface area contributed by atoms with Gasteiger partial charge in [0, 0.05) is 18.2 Å². The molecule has 0 radical (unpaired) electrons. The smallest absolute Gasteiger partial charge is 0.306 e. The normalized spacial score (nSPS) is 12.4. The summed E-state index contributed by atoms with van der Waals surface area (Å²) in [5.41, 5.74) is 1.88. The second-order valence-electron chi connectivity index (χ2n) is 8.00. The third-order valence-corrected chi connectivity index (χ3v) is 4.53. The monoisotopic (exact) mass is 413 g/mol. The predicted octanol–water partition coefficient (Wildman–Crippen LogP) is 4.05. The summed E-state index contributed by atoms with van der Waals surface area (Å²) in [5.74, 6) is 1.10. The van der Waals surface area contributed by atoms with Crippen LogP contribution in [0.4, 0.5) is 5.69 Å². The van der Waals surface area contributed by atoms with Crippen molar-refractivity contribution in [2.45, 2.75) is 39.0 Å². The second kappa shape index (κ2) is 9.52. The Hall–Kier alpha value is -3.22. The van der Waals surface area contributed by atoms with Crippen molar-refractivity contribution < 1.29 is 28.5 Å². The fourth-order valence-corrected chi connectivity index (χ4v) is 2.85. The van der Waals surface area contributed by atoms with Crippen LogP contribution in [0.5, 0.6) is 17.2 Å². The number of amides is 1. The van der Waals surface area contributed by atoms with E-state index >= 15 is 0 Å². The Labute approximate surface area is 176 Å². The number of anilines is 1. The number of carbonyl (C=O) groups is 2. The molecule has 1 aliphatic heterocycles. The standard InChI is InChI=1S/C23H27NO6/c1-23(2,3)16-6-9-18(10-7-16)27-12-4-5-22(26)28-14-21(25)24-17-8-11-19-20(13-17)30-15-29-19/h6-11,13H,4-5,12,14-15H2,1-3H3,(H,24,25). The van der Waals surface area contributed by atoms with Gasteiger partial charge in [0.25, 0.3) is 5.91 Å². The number of fused-ring (bicyclic) bond motifs is 1. The van der Waals surface area contributed by atoms with Crippen LogP contribution in [0.3, 0.4) is 0 Å². The van der Waals surface area contributed by atoms with E-state index in [1.54, 1.807) is 18.2 Å². The SMILES string of the molecule is CC(C)(C)c1ccc(OCCCC(=O)OCC(=O)Nc2ccc3c(c2)OCO3)cc1. The quantitative estimate of drug-likeness (QED) is 0.519. The fourth-order valence-electron chi connectivity index (χ4n) is 2.85. The summed E-state index contributed by atoms with van der Waals surface area (Å²) in [5, 5.41) is 2.65. The van der Waals surface area contributed by atoms with E-state index in [2.05, 4.69) is 26.1 Å². The van der Waals surface area contributed by atoms with Crippen molar-refractivity contribution in [1.29, 1.82) is 0 Å². The lowest BCUT2D eigenvalue weighted by molar-refractivity contribution is -0.147. The first kappa shape index (κ1) is 21.5. The summed E-state index contributed by atoms with van der Waals surface area (Å²) in [4.78, 5) is 23.8. The lowest BCUT2D eigenvalue weighted by Gasteiger charge is -2.19. The molecule has 0 saturated heterocycles. The van der Waals surface area contributed by atoms with Crippen LogP contribution in [0.25, 0.3) is 0 Å². The van der Waals surface area contributed by atoms with Gasteiger partial charge >= 0.3 is 5.97 Å². The number of rotatable bonds is 8. The number of nitrogens with one attached hydrogen (secondary N) is 1. The van der Waals surface area contributed by atoms with Gasteiger partial charge in [0.15, 0.2) is 18.1 Å². The minimum absolute atomic E-state index is 0.0946. The van der Waals surface area contributed by atoms with Crippen molar-refractivity contribution in [1.82, 2.24) is 0 Å². The Morgan fingerprint density at radius 3 is 2.50 bits per heavy atom. The van der Waals surface area contributed by atoms with Crippen LogP contribution in [-0.4, -0.2) is 31.9 Å². The molecule has 160 valence electrons. The largest absolute Gasteiger partial charge is 0.494 e. The lowest BCUT2D eigenvalue weighted by atomic mass is 9.87. The number of carbonyl (C=O) groups excluding carboxylic acids is 2. The van der Waals surface area contributed by atoms with Crippen LogP contribution >= 0.6 is 0 Å². The summed E-state index contributed by atoms with van der Waals surface area (Å²) < 4.78 is 21.1. The topological polar surface area (TPSA) is 83.1 Å². The van der Waals surface area contributed by atoms with E-state index < -0.39 is 11.9 Å². The number of benzene rings is 2. The van der Waals surface area contributed by atoms with Crippen LogP contribution in [-0.2, 0) is 19.7 Å².